The summed E-state index contributed by atoms with van der Waals surface area (Å²) >= 11 is 0. The van der Waals surface area contributed by atoms with Crippen molar-refractivity contribution in [1.29, 1.82) is 0 Å². The van der Waals surface area contributed by atoms with Gasteiger partial charge >= 0.3 is 29.6 Å². The molecule has 2 aromatic rings. The Morgan fingerprint density at radius 2 is 1.21 bits per heavy atom. The first kappa shape index (κ1) is 21.7. The van der Waals surface area contributed by atoms with Crippen LogP contribution in [0.5, 0.6) is 0 Å². The summed E-state index contributed by atoms with van der Waals surface area (Å²) in [4.78, 5) is -0.0907. The van der Waals surface area contributed by atoms with Gasteiger partial charge in [0.1, 0.15) is 10.1 Å². The Morgan fingerprint density at radius 3 is 1.62 bits per heavy atom. The standard InChI is InChI=1S/C19H26O3S.Na/c1-11(2)14-7-8-16-15(18(14)12(3)4)9-10-17(23(20,21)22)19(16)13(5)6;/h7-13H,1-6H3,(H,20,21,22);/q;+1/p-1. The minimum absolute atomic E-state index is 0. The van der Waals surface area contributed by atoms with Crippen LogP contribution in [0.4, 0.5) is 0 Å². The Morgan fingerprint density at radius 1 is 0.750 bits per heavy atom. The van der Waals surface area contributed by atoms with Crippen molar-refractivity contribution in [3.05, 3.63) is 41.0 Å². The Hall–Kier alpha value is -0.390. The van der Waals surface area contributed by atoms with Gasteiger partial charge in [0.25, 0.3) is 0 Å². The Labute approximate surface area is 167 Å². The molecule has 0 amide bonds. The molecule has 0 N–H and O–H groups in total. The molecule has 2 aromatic carbocycles. The average molecular weight is 356 g/mol. The van der Waals surface area contributed by atoms with Crippen LogP contribution in [0.2, 0.25) is 0 Å². The van der Waals surface area contributed by atoms with E-state index in [1.807, 2.05) is 19.9 Å². The van der Waals surface area contributed by atoms with E-state index in [1.54, 1.807) is 6.07 Å². The summed E-state index contributed by atoms with van der Waals surface area (Å²) in [6.45, 7) is 12.5. The average Bonchev–Trinajstić information content (AvgIpc) is 2.42. The van der Waals surface area contributed by atoms with Gasteiger partial charge in [-0.1, -0.05) is 59.7 Å². The Kier molecular flexibility index (Phi) is 7.11. The molecule has 5 heteroatoms. The molecule has 0 saturated heterocycles. The van der Waals surface area contributed by atoms with Gasteiger partial charge in [-0.15, -0.1) is 0 Å². The predicted molar refractivity (Wildman–Crippen MR) is 94.2 cm³/mol. The molecular weight excluding hydrogens is 331 g/mol. The molecule has 0 aliphatic heterocycles. The topological polar surface area (TPSA) is 57.2 Å². The fourth-order valence-electron chi connectivity index (χ4n) is 3.41. The van der Waals surface area contributed by atoms with Gasteiger partial charge in [-0.25, -0.2) is 8.42 Å². The van der Waals surface area contributed by atoms with E-state index in [0.717, 1.165) is 10.8 Å². The first-order chi connectivity index (χ1) is 10.6. The normalized spacial score (nSPS) is 12.2. The van der Waals surface area contributed by atoms with Crippen LogP contribution in [0, 0.1) is 0 Å². The summed E-state index contributed by atoms with van der Waals surface area (Å²) in [5.74, 6) is 0.676. The Balaban J connectivity index is 0.00000288. The number of rotatable bonds is 4. The van der Waals surface area contributed by atoms with Gasteiger partial charge in [0, 0.05) is 0 Å². The monoisotopic (exact) mass is 356 g/mol. The van der Waals surface area contributed by atoms with Crippen molar-refractivity contribution in [1.82, 2.24) is 0 Å². The Bertz CT molecular complexity index is 837. The third-order valence-electron chi connectivity index (χ3n) is 4.32. The van der Waals surface area contributed by atoms with E-state index in [-0.39, 0.29) is 40.4 Å². The van der Waals surface area contributed by atoms with Crippen molar-refractivity contribution in [3.8, 4) is 0 Å². The van der Waals surface area contributed by atoms with Crippen LogP contribution < -0.4 is 29.6 Å². The minimum atomic E-state index is -4.48. The van der Waals surface area contributed by atoms with Crippen molar-refractivity contribution in [3.63, 3.8) is 0 Å². The maximum atomic E-state index is 11.6. The SMILES string of the molecule is CC(C)c1ccc2c(C(C)C)c(S(=O)(=O)[O-])ccc2c1C(C)C.[Na+]. The largest absolute Gasteiger partial charge is 1.00 e. The first-order valence-corrected chi connectivity index (χ1v) is 9.51. The van der Waals surface area contributed by atoms with Gasteiger partial charge in [-0.2, -0.15) is 0 Å². The summed E-state index contributed by atoms with van der Waals surface area (Å²) in [6.07, 6.45) is 0. The van der Waals surface area contributed by atoms with Crippen molar-refractivity contribution in [2.75, 3.05) is 0 Å². The summed E-state index contributed by atoms with van der Waals surface area (Å²) in [6, 6.07) is 7.33. The molecule has 0 aliphatic carbocycles. The molecule has 126 valence electrons. The first-order valence-electron chi connectivity index (χ1n) is 8.11. The van der Waals surface area contributed by atoms with Crippen LogP contribution in [0.3, 0.4) is 0 Å². The predicted octanol–water partition coefficient (Wildman–Crippen LogP) is 2.12. The molecule has 0 radical (unpaired) electrons. The second-order valence-electron chi connectivity index (χ2n) is 7.06. The number of hydrogen-bond acceptors (Lipinski definition) is 3. The van der Waals surface area contributed by atoms with Crippen molar-refractivity contribution < 1.29 is 42.5 Å². The van der Waals surface area contributed by atoms with Gasteiger partial charge in [-0.3, -0.25) is 0 Å². The summed E-state index contributed by atoms with van der Waals surface area (Å²) in [7, 11) is -4.48. The molecule has 0 fully saturated rings. The second kappa shape index (κ2) is 7.88. The zero-order chi connectivity index (χ0) is 17.5. The third-order valence-corrected chi connectivity index (χ3v) is 5.22. The molecule has 3 nitrogen and oxygen atoms in total. The molecule has 24 heavy (non-hydrogen) atoms. The van der Waals surface area contributed by atoms with Gasteiger partial charge in [-0.05, 0) is 51.3 Å². The maximum Gasteiger partial charge on any atom is 1.00 e. The van der Waals surface area contributed by atoms with Crippen LogP contribution in [-0.4, -0.2) is 13.0 Å². The molecule has 0 bridgehead atoms. The number of hydrogen-bond donors (Lipinski definition) is 0. The zero-order valence-corrected chi connectivity index (χ0v) is 18.5. The van der Waals surface area contributed by atoms with Crippen molar-refractivity contribution in [2.45, 2.75) is 64.2 Å². The molecule has 0 unspecified atom stereocenters. The molecule has 0 aromatic heterocycles. The maximum absolute atomic E-state index is 11.6. The van der Waals surface area contributed by atoms with Gasteiger partial charge < -0.3 is 4.55 Å². The molecule has 0 heterocycles. The third kappa shape index (κ3) is 4.05. The number of benzene rings is 2. The van der Waals surface area contributed by atoms with E-state index in [4.69, 9.17) is 0 Å². The van der Waals surface area contributed by atoms with E-state index < -0.39 is 10.1 Å². The van der Waals surface area contributed by atoms with E-state index in [9.17, 15) is 13.0 Å². The molecule has 0 saturated carbocycles. The molecular formula is C19H25NaO3S. The van der Waals surface area contributed by atoms with Crippen molar-refractivity contribution in [2.24, 2.45) is 0 Å². The van der Waals surface area contributed by atoms with Gasteiger partial charge in [0.2, 0.25) is 0 Å². The van der Waals surface area contributed by atoms with E-state index in [0.29, 0.717) is 17.4 Å². The van der Waals surface area contributed by atoms with Crippen LogP contribution in [0.15, 0.2) is 29.2 Å². The quantitative estimate of drug-likeness (QED) is 0.623. The van der Waals surface area contributed by atoms with Crippen molar-refractivity contribution >= 4 is 20.9 Å². The minimum Gasteiger partial charge on any atom is -0.744 e. The van der Waals surface area contributed by atoms with Crippen LogP contribution in [-0.2, 0) is 10.1 Å². The molecule has 2 rings (SSSR count). The van der Waals surface area contributed by atoms with E-state index in [2.05, 4.69) is 33.8 Å². The zero-order valence-electron chi connectivity index (χ0n) is 15.7. The fraction of sp³-hybridized carbons (Fsp3) is 0.474. The molecule has 0 atom stereocenters. The summed E-state index contributed by atoms with van der Waals surface area (Å²) < 4.78 is 34.9. The van der Waals surface area contributed by atoms with E-state index in [1.165, 1.54) is 17.2 Å². The molecule has 0 aliphatic rings. The van der Waals surface area contributed by atoms with Crippen LogP contribution in [0.1, 0.15) is 76.0 Å². The summed E-state index contributed by atoms with van der Waals surface area (Å²) in [5.41, 5.74) is 3.16. The number of fused-ring (bicyclic) bond motifs is 1. The van der Waals surface area contributed by atoms with Crippen LogP contribution >= 0.6 is 0 Å². The molecule has 0 spiro atoms. The fourth-order valence-corrected chi connectivity index (χ4v) is 4.26. The van der Waals surface area contributed by atoms with Gasteiger partial charge in [0.15, 0.2) is 0 Å². The smallest absolute Gasteiger partial charge is 0.744 e. The van der Waals surface area contributed by atoms with Crippen LogP contribution in [0.25, 0.3) is 10.8 Å². The van der Waals surface area contributed by atoms with E-state index >= 15 is 0 Å². The van der Waals surface area contributed by atoms with Gasteiger partial charge in [0.05, 0.1) is 4.90 Å². The second-order valence-corrected chi connectivity index (χ2v) is 8.41. The summed E-state index contributed by atoms with van der Waals surface area (Å²) in [5, 5.41) is 1.94.